The molecule has 0 radical (unpaired) electrons. The number of nitrogens with zero attached hydrogens (tertiary/aromatic N) is 5. The Bertz CT molecular complexity index is 1250. The third kappa shape index (κ3) is 7.51. The molecule has 1 saturated heterocycles. The Balaban J connectivity index is 1.30. The van der Waals surface area contributed by atoms with Crippen molar-refractivity contribution in [1.82, 2.24) is 14.5 Å². The van der Waals surface area contributed by atoms with Crippen LogP contribution in [0.2, 0.25) is 5.28 Å². The third-order valence-electron chi connectivity index (χ3n) is 6.33. The summed E-state index contributed by atoms with van der Waals surface area (Å²) < 4.78 is 50.9. The molecule has 1 aliphatic heterocycles. The molecule has 1 fully saturated rings. The lowest BCUT2D eigenvalue weighted by atomic mass is 9.97. The molecule has 2 aromatic heterocycles. The number of aliphatic hydroxyl groups is 1. The second-order valence-electron chi connectivity index (χ2n) is 9.31. The van der Waals surface area contributed by atoms with Crippen LogP contribution in [0.25, 0.3) is 0 Å². The van der Waals surface area contributed by atoms with Gasteiger partial charge in [-0.25, -0.2) is 4.98 Å². The zero-order chi connectivity index (χ0) is 28.2. The van der Waals surface area contributed by atoms with Gasteiger partial charge in [-0.15, -0.1) is 0 Å². The van der Waals surface area contributed by atoms with E-state index in [0.29, 0.717) is 12.4 Å². The normalized spacial score (nSPS) is 16.1. The van der Waals surface area contributed by atoms with Crippen molar-refractivity contribution >= 4 is 23.1 Å². The number of piperidine rings is 1. The van der Waals surface area contributed by atoms with Crippen molar-refractivity contribution in [3.63, 3.8) is 0 Å². The molecule has 0 spiro atoms. The monoisotopic (exact) mass is 569 g/mol. The summed E-state index contributed by atoms with van der Waals surface area (Å²) in [7, 11) is 0. The number of imidazole rings is 1. The van der Waals surface area contributed by atoms with E-state index in [-0.39, 0.29) is 23.5 Å². The fraction of sp³-hybridized carbons (Fsp3) is 0.440. The zero-order valence-electron chi connectivity index (χ0n) is 20.9. The van der Waals surface area contributed by atoms with Gasteiger partial charge in [-0.2, -0.15) is 13.2 Å². The molecule has 3 aromatic rings. The van der Waals surface area contributed by atoms with E-state index in [9.17, 15) is 28.4 Å². The number of ether oxygens (including phenoxy) is 2. The Morgan fingerprint density at radius 1 is 1.21 bits per heavy atom. The van der Waals surface area contributed by atoms with Crippen molar-refractivity contribution in [2.45, 2.75) is 44.7 Å². The Labute approximate surface area is 227 Å². The summed E-state index contributed by atoms with van der Waals surface area (Å²) in [6.07, 6.45) is -2.24. The smallest absolute Gasteiger partial charge is 0.417 e. The molecule has 0 amide bonds. The molecule has 10 nitrogen and oxygen atoms in total. The maximum Gasteiger partial charge on any atom is 0.417 e. The molecule has 1 aliphatic rings. The minimum Gasteiger partial charge on any atom is -0.477 e. The quantitative estimate of drug-likeness (QED) is 0.251. The van der Waals surface area contributed by atoms with Crippen LogP contribution in [0.1, 0.15) is 38.0 Å². The molecule has 0 aliphatic carbocycles. The van der Waals surface area contributed by atoms with Crippen LogP contribution in [0.4, 0.5) is 24.7 Å². The summed E-state index contributed by atoms with van der Waals surface area (Å²) in [5.74, 6) is 0.489. The molecule has 1 N–H and O–H groups in total. The highest BCUT2D eigenvalue weighted by atomic mass is 35.5. The molecule has 4 rings (SSSR count). The van der Waals surface area contributed by atoms with Gasteiger partial charge in [0.15, 0.2) is 6.23 Å². The van der Waals surface area contributed by atoms with Gasteiger partial charge in [0.25, 0.3) is 0 Å². The van der Waals surface area contributed by atoms with E-state index < -0.39 is 34.8 Å². The number of hydrogen-bond acceptors (Lipinski definition) is 8. The van der Waals surface area contributed by atoms with Crippen molar-refractivity contribution in [3.05, 3.63) is 69.8 Å². The van der Waals surface area contributed by atoms with Gasteiger partial charge in [0.2, 0.25) is 5.88 Å². The molecule has 2 unspecified atom stereocenters. The van der Waals surface area contributed by atoms with Crippen LogP contribution < -0.4 is 14.4 Å². The van der Waals surface area contributed by atoms with E-state index in [2.05, 4.69) is 14.9 Å². The highest BCUT2D eigenvalue weighted by Gasteiger charge is 2.31. The number of benzene rings is 1. The number of alkyl halides is 3. The van der Waals surface area contributed by atoms with E-state index in [1.54, 1.807) is 19.1 Å². The lowest BCUT2D eigenvalue weighted by Crippen LogP contribution is -2.35. The van der Waals surface area contributed by atoms with Crippen LogP contribution in [0.5, 0.6) is 11.6 Å². The summed E-state index contributed by atoms with van der Waals surface area (Å²) in [6, 6.07) is 9.53. The number of hydrogen-bond donors (Lipinski definition) is 1. The topological polar surface area (TPSA) is 116 Å². The zero-order valence-corrected chi connectivity index (χ0v) is 21.7. The molecule has 39 heavy (non-hydrogen) atoms. The second-order valence-corrected chi connectivity index (χ2v) is 9.65. The average molecular weight is 570 g/mol. The van der Waals surface area contributed by atoms with Gasteiger partial charge in [0.05, 0.1) is 18.3 Å². The Morgan fingerprint density at radius 3 is 2.44 bits per heavy atom. The van der Waals surface area contributed by atoms with Crippen LogP contribution in [-0.4, -0.2) is 50.4 Å². The molecule has 1 aromatic carbocycles. The SMILES string of the molecule is CC(O)CC(Oc1ccc(N2CCC(COc3ccc(C(F)(F)F)cn3)CC2)cc1)n1cc([N+](=O)[O-])nc1Cl. The molecule has 2 atom stereocenters. The first-order valence-corrected chi connectivity index (χ1v) is 12.6. The fourth-order valence-electron chi connectivity index (χ4n) is 4.25. The first-order chi connectivity index (χ1) is 18.5. The molecule has 14 heteroatoms. The highest BCUT2D eigenvalue weighted by molar-refractivity contribution is 6.28. The van der Waals surface area contributed by atoms with Crippen LogP contribution in [-0.2, 0) is 6.18 Å². The predicted molar refractivity (Wildman–Crippen MR) is 136 cm³/mol. The van der Waals surface area contributed by atoms with E-state index in [1.165, 1.54) is 16.8 Å². The molecular weight excluding hydrogens is 543 g/mol. The third-order valence-corrected chi connectivity index (χ3v) is 6.61. The minimum atomic E-state index is -4.43. The van der Waals surface area contributed by atoms with Crippen LogP contribution in [0.3, 0.4) is 0 Å². The van der Waals surface area contributed by atoms with Gasteiger partial charge in [-0.3, -0.25) is 4.57 Å². The standard InChI is InChI=1S/C25H27ClF3N5O5/c1-16(35)12-23(33-14-21(34(36)37)31-24(33)26)39-20-5-3-19(4-6-20)32-10-8-17(9-11-32)15-38-22-7-2-18(13-30-22)25(27,28)29/h2-7,13-14,16-17,23,35H,8-12,15H2,1H3. The summed E-state index contributed by atoms with van der Waals surface area (Å²) in [6.45, 7) is 3.49. The number of aromatic nitrogens is 3. The van der Waals surface area contributed by atoms with Gasteiger partial charge >= 0.3 is 17.3 Å². The van der Waals surface area contributed by atoms with E-state index in [0.717, 1.165) is 43.9 Å². The van der Waals surface area contributed by atoms with Gasteiger partial charge in [-0.1, -0.05) is 0 Å². The lowest BCUT2D eigenvalue weighted by Gasteiger charge is -2.33. The van der Waals surface area contributed by atoms with Crippen molar-refractivity contribution in [2.24, 2.45) is 5.92 Å². The summed E-state index contributed by atoms with van der Waals surface area (Å²) in [5.41, 5.74) is 0.169. The Morgan fingerprint density at radius 2 is 1.90 bits per heavy atom. The summed E-state index contributed by atoms with van der Waals surface area (Å²) >= 11 is 6.08. The van der Waals surface area contributed by atoms with Crippen molar-refractivity contribution in [3.8, 4) is 11.6 Å². The number of rotatable bonds is 10. The van der Waals surface area contributed by atoms with Crippen LogP contribution in [0.15, 0.2) is 48.8 Å². The van der Waals surface area contributed by atoms with Gasteiger partial charge < -0.3 is 29.6 Å². The lowest BCUT2D eigenvalue weighted by molar-refractivity contribution is -0.389. The molecule has 0 bridgehead atoms. The Kier molecular flexibility index (Phi) is 8.80. The molecule has 210 valence electrons. The predicted octanol–water partition coefficient (Wildman–Crippen LogP) is 5.50. The average Bonchev–Trinajstić information content (AvgIpc) is 3.29. The summed E-state index contributed by atoms with van der Waals surface area (Å²) in [5, 5.41) is 20.8. The van der Waals surface area contributed by atoms with Gasteiger partial charge in [0, 0.05) is 37.5 Å². The first-order valence-electron chi connectivity index (χ1n) is 12.2. The van der Waals surface area contributed by atoms with Crippen LogP contribution in [0, 0.1) is 16.0 Å². The molecule has 3 heterocycles. The van der Waals surface area contributed by atoms with Gasteiger partial charge in [-0.05, 0) is 77.5 Å². The number of anilines is 1. The highest BCUT2D eigenvalue weighted by Crippen LogP contribution is 2.31. The maximum absolute atomic E-state index is 12.7. The number of halogens is 4. The van der Waals surface area contributed by atoms with Gasteiger partial charge in [0.1, 0.15) is 11.9 Å². The van der Waals surface area contributed by atoms with E-state index in [1.807, 2.05) is 12.1 Å². The minimum absolute atomic E-state index is 0.120. The number of aliphatic hydroxyl groups excluding tert-OH is 1. The van der Waals surface area contributed by atoms with Crippen LogP contribution >= 0.6 is 11.6 Å². The first kappa shape index (κ1) is 28.4. The maximum atomic E-state index is 12.7. The van der Waals surface area contributed by atoms with E-state index in [4.69, 9.17) is 21.1 Å². The second kappa shape index (κ2) is 12.1. The summed E-state index contributed by atoms with van der Waals surface area (Å²) in [4.78, 5) is 20.1. The molecule has 0 saturated carbocycles. The largest absolute Gasteiger partial charge is 0.477 e. The molecular formula is C25H27ClF3N5O5. The van der Waals surface area contributed by atoms with Crippen molar-refractivity contribution in [2.75, 3.05) is 24.6 Å². The Hall–Kier alpha value is -3.58. The number of pyridine rings is 1. The van der Waals surface area contributed by atoms with Crippen molar-refractivity contribution < 1.29 is 32.7 Å². The van der Waals surface area contributed by atoms with E-state index >= 15 is 0 Å². The van der Waals surface area contributed by atoms with Crippen molar-refractivity contribution in [1.29, 1.82) is 0 Å². The number of nitro groups is 1. The fourth-order valence-corrected chi connectivity index (χ4v) is 4.49.